The lowest BCUT2D eigenvalue weighted by atomic mass is 10.1. The van der Waals surface area contributed by atoms with Gasteiger partial charge in [-0.3, -0.25) is 9.59 Å². The van der Waals surface area contributed by atoms with Crippen LogP contribution >= 0.6 is 0 Å². The SMILES string of the molecule is CN(C)C(=O)CNC(=O)N[C@H](CCC(N)=O)C(=O)O. The summed E-state index contributed by atoms with van der Waals surface area (Å²) in [5.41, 5.74) is 4.89. The Kier molecular flexibility index (Phi) is 6.94. The first-order valence-corrected chi connectivity index (χ1v) is 5.49. The van der Waals surface area contributed by atoms with Gasteiger partial charge in [0, 0.05) is 20.5 Å². The highest BCUT2D eigenvalue weighted by molar-refractivity contribution is 5.86. The molecule has 0 spiro atoms. The summed E-state index contributed by atoms with van der Waals surface area (Å²) in [6, 6.07) is -2.03. The molecule has 0 rings (SSSR count). The molecule has 0 saturated heterocycles. The van der Waals surface area contributed by atoms with Crippen molar-refractivity contribution in [2.24, 2.45) is 5.73 Å². The second-order valence-corrected chi connectivity index (χ2v) is 4.01. The molecule has 9 heteroatoms. The van der Waals surface area contributed by atoms with E-state index in [1.54, 1.807) is 0 Å². The summed E-state index contributed by atoms with van der Waals surface area (Å²) in [4.78, 5) is 45.2. The Morgan fingerprint density at radius 2 is 1.84 bits per heavy atom. The Labute approximate surface area is 110 Å². The van der Waals surface area contributed by atoms with E-state index in [0.29, 0.717) is 0 Å². The van der Waals surface area contributed by atoms with Crippen LogP contribution in [0.25, 0.3) is 0 Å². The number of primary amides is 1. The first kappa shape index (κ1) is 16.7. The largest absolute Gasteiger partial charge is 0.480 e. The first-order valence-electron chi connectivity index (χ1n) is 5.49. The van der Waals surface area contributed by atoms with Crippen molar-refractivity contribution in [2.75, 3.05) is 20.6 Å². The molecule has 0 aromatic heterocycles. The van der Waals surface area contributed by atoms with Crippen molar-refractivity contribution in [2.45, 2.75) is 18.9 Å². The Bertz CT molecular complexity index is 369. The smallest absolute Gasteiger partial charge is 0.326 e. The highest BCUT2D eigenvalue weighted by atomic mass is 16.4. The van der Waals surface area contributed by atoms with Crippen molar-refractivity contribution in [1.29, 1.82) is 0 Å². The summed E-state index contributed by atoms with van der Waals surface area (Å²) in [5, 5.41) is 13.2. The summed E-state index contributed by atoms with van der Waals surface area (Å²) in [5.74, 6) is -2.27. The molecule has 0 heterocycles. The molecule has 0 aromatic rings. The van der Waals surface area contributed by atoms with Crippen LogP contribution in [-0.2, 0) is 14.4 Å². The van der Waals surface area contributed by atoms with Crippen molar-refractivity contribution < 1.29 is 24.3 Å². The number of carboxylic acids is 1. The van der Waals surface area contributed by atoms with E-state index in [1.807, 2.05) is 0 Å². The Morgan fingerprint density at radius 3 is 2.26 bits per heavy atom. The molecular formula is C10H18N4O5. The van der Waals surface area contributed by atoms with Gasteiger partial charge in [-0.1, -0.05) is 0 Å². The zero-order valence-electron chi connectivity index (χ0n) is 10.8. The van der Waals surface area contributed by atoms with Crippen LogP contribution in [0.4, 0.5) is 4.79 Å². The van der Waals surface area contributed by atoms with E-state index in [2.05, 4.69) is 10.6 Å². The predicted molar refractivity (Wildman–Crippen MR) is 65.1 cm³/mol. The standard InChI is InChI=1S/C10H18N4O5/c1-14(2)8(16)5-12-10(19)13-6(9(17)18)3-4-7(11)15/h6H,3-5H2,1-2H3,(H2,11,15)(H,17,18)(H2,12,13,19)/t6-/m1/s1. The van der Waals surface area contributed by atoms with Crippen molar-refractivity contribution >= 4 is 23.8 Å². The fourth-order valence-corrected chi connectivity index (χ4v) is 1.07. The molecule has 19 heavy (non-hydrogen) atoms. The number of urea groups is 1. The molecule has 0 aliphatic heterocycles. The normalized spacial score (nSPS) is 11.3. The van der Waals surface area contributed by atoms with Crippen LogP contribution in [0.3, 0.4) is 0 Å². The van der Waals surface area contributed by atoms with E-state index in [0.717, 1.165) is 0 Å². The number of amides is 4. The Balaban J connectivity index is 4.21. The summed E-state index contributed by atoms with van der Waals surface area (Å²) < 4.78 is 0. The number of aliphatic carboxylic acids is 1. The number of carbonyl (C=O) groups excluding carboxylic acids is 3. The molecule has 0 fully saturated rings. The van der Waals surface area contributed by atoms with Gasteiger partial charge < -0.3 is 26.4 Å². The minimum Gasteiger partial charge on any atom is -0.480 e. The van der Waals surface area contributed by atoms with Gasteiger partial charge in [-0.15, -0.1) is 0 Å². The third-order valence-electron chi connectivity index (χ3n) is 2.18. The topological polar surface area (TPSA) is 142 Å². The van der Waals surface area contributed by atoms with Crippen LogP contribution in [0.5, 0.6) is 0 Å². The molecule has 9 nitrogen and oxygen atoms in total. The van der Waals surface area contributed by atoms with E-state index in [1.165, 1.54) is 19.0 Å². The van der Waals surface area contributed by atoms with E-state index in [4.69, 9.17) is 10.8 Å². The third-order valence-corrected chi connectivity index (χ3v) is 2.18. The van der Waals surface area contributed by atoms with Gasteiger partial charge in [-0.25, -0.2) is 9.59 Å². The molecule has 0 radical (unpaired) electrons. The highest BCUT2D eigenvalue weighted by Crippen LogP contribution is 1.97. The van der Waals surface area contributed by atoms with Gasteiger partial charge in [0.05, 0.1) is 6.54 Å². The number of nitrogens with zero attached hydrogens (tertiary/aromatic N) is 1. The minimum atomic E-state index is -1.28. The number of hydrogen-bond donors (Lipinski definition) is 4. The van der Waals surface area contributed by atoms with Gasteiger partial charge in [0.25, 0.3) is 0 Å². The van der Waals surface area contributed by atoms with Gasteiger partial charge in [0.2, 0.25) is 11.8 Å². The van der Waals surface area contributed by atoms with Gasteiger partial charge in [-0.2, -0.15) is 0 Å². The van der Waals surface area contributed by atoms with Crippen molar-refractivity contribution in [3.8, 4) is 0 Å². The maximum absolute atomic E-state index is 11.4. The van der Waals surface area contributed by atoms with Gasteiger partial charge in [0.15, 0.2) is 0 Å². The average molecular weight is 274 g/mol. The molecule has 0 unspecified atom stereocenters. The molecule has 0 aliphatic carbocycles. The van der Waals surface area contributed by atoms with E-state index < -0.39 is 23.9 Å². The molecule has 0 aromatic carbocycles. The summed E-state index contributed by atoms with van der Waals surface area (Å²) in [6.07, 6.45) is -0.270. The molecule has 0 aliphatic rings. The third kappa shape index (κ3) is 7.58. The number of carboxylic acid groups (broad SMARTS) is 1. The van der Waals surface area contributed by atoms with Crippen molar-refractivity contribution in [3.63, 3.8) is 0 Å². The molecular weight excluding hydrogens is 256 g/mol. The predicted octanol–water partition coefficient (Wildman–Crippen LogP) is -1.91. The van der Waals surface area contributed by atoms with E-state index in [-0.39, 0.29) is 25.3 Å². The number of carbonyl (C=O) groups is 4. The van der Waals surface area contributed by atoms with Crippen LogP contribution in [0.1, 0.15) is 12.8 Å². The number of likely N-dealkylation sites (N-methyl/N-ethyl adjacent to an activating group) is 1. The van der Waals surface area contributed by atoms with Crippen LogP contribution < -0.4 is 16.4 Å². The average Bonchev–Trinajstić information content (AvgIpc) is 2.30. The Morgan fingerprint density at radius 1 is 1.26 bits per heavy atom. The molecule has 4 amide bonds. The summed E-state index contributed by atoms with van der Waals surface area (Å²) >= 11 is 0. The number of hydrogen-bond acceptors (Lipinski definition) is 4. The zero-order valence-corrected chi connectivity index (χ0v) is 10.8. The second-order valence-electron chi connectivity index (χ2n) is 4.01. The lowest BCUT2D eigenvalue weighted by Gasteiger charge is -2.15. The number of rotatable bonds is 7. The molecule has 0 bridgehead atoms. The maximum atomic E-state index is 11.4. The van der Waals surface area contributed by atoms with Gasteiger partial charge in [-0.05, 0) is 6.42 Å². The van der Waals surface area contributed by atoms with Crippen LogP contribution in [-0.4, -0.2) is 60.5 Å². The molecule has 5 N–H and O–H groups in total. The van der Waals surface area contributed by atoms with E-state index in [9.17, 15) is 19.2 Å². The lowest BCUT2D eigenvalue weighted by Crippen LogP contribution is -2.48. The Hall–Kier alpha value is -2.32. The monoisotopic (exact) mass is 274 g/mol. The molecule has 1 atom stereocenters. The van der Waals surface area contributed by atoms with Crippen LogP contribution in [0, 0.1) is 0 Å². The van der Waals surface area contributed by atoms with E-state index >= 15 is 0 Å². The fraction of sp³-hybridized carbons (Fsp3) is 0.600. The van der Waals surface area contributed by atoms with Gasteiger partial charge in [0.1, 0.15) is 6.04 Å². The first-order chi connectivity index (χ1) is 8.73. The van der Waals surface area contributed by atoms with Crippen molar-refractivity contribution in [1.82, 2.24) is 15.5 Å². The maximum Gasteiger partial charge on any atom is 0.326 e. The highest BCUT2D eigenvalue weighted by Gasteiger charge is 2.20. The minimum absolute atomic E-state index is 0.111. The fourth-order valence-electron chi connectivity index (χ4n) is 1.07. The quantitative estimate of drug-likeness (QED) is 0.428. The van der Waals surface area contributed by atoms with Crippen molar-refractivity contribution in [3.05, 3.63) is 0 Å². The molecule has 0 saturated carbocycles. The summed E-state index contributed by atoms with van der Waals surface area (Å²) in [7, 11) is 3.05. The summed E-state index contributed by atoms with van der Waals surface area (Å²) in [6.45, 7) is -0.249. The second kappa shape index (κ2) is 7.90. The molecule has 108 valence electrons. The zero-order chi connectivity index (χ0) is 15.0. The number of nitrogens with one attached hydrogen (secondary N) is 2. The van der Waals surface area contributed by atoms with Gasteiger partial charge >= 0.3 is 12.0 Å². The van der Waals surface area contributed by atoms with Crippen LogP contribution in [0.15, 0.2) is 0 Å². The number of nitrogens with two attached hydrogens (primary N) is 1. The van der Waals surface area contributed by atoms with Crippen LogP contribution in [0.2, 0.25) is 0 Å². The lowest BCUT2D eigenvalue weighted by molar-refractivity contribution is -0.139.